The molecule has 0 saturated heterocycles. The van der Waals surface area contributed by atoms with Crippen LogP contribution in [0.15, 0.2) is 51.9 Å². The number of ether oxygens (including phenoxy) is 1. The molecule has 0 bridgehead atoms. The van der Waals surface area contributed by atoms with Crippen molar-refractivity contribution >= 4 is 34.0 Å². The number of thiophene rings is 1. The fraction of sp³-hybridized carbons (Fsp3) is 0.250. The molecular formula is C16H17N3OS2. The van der Waals surface area contributed by atoms with Gasteiger partial charge >= 0.3 is 0 Å². The molecule has 0 spiro atoms. The van der Waals surface area contributed by atoms with E-state index in [0.29, 0.717) is 0 Å². The maximum atomic E-state index is 5.25. The molecule has 3 rings (SSSR count). The Kier molecular flexibility index (Phi) is 5.13. The summed E-state index contributed by atoms with van der Waals surface area (Å²) in [6.45, 7) is 0.792. The van der Waals surface area contributed by atoms with Crippen LogP contribution in [0.2, 0.25) is 0 Å². The number of thioether (sulfide) groups is 1. The summed E-state index contributed by atoms with van der Waals surface area (Å²) in [5, 5.41) is 7.42. The number of amidine groups is 1. The Bertz CT molecular complexity index is 680. The second-order valence-electron chi connectivity index (χ2n) is 4.71. The van der Waals surface area contributed by atoms with Crippen molar-refractivity contribution < 1.29 is 4.74 Å². The number of nitrogens with one attached hydrogen (secondary N) is 1. The van der Waals surface area contributed by atoms with Gasteiger partial charge in [0.2, 0.25) is 0 Å². The molecule has 1 aromatic carbocycles. The molecular weight excluding hydrogens is 314 g/mol. The first-order chi connectivity index (χ1) is 10.8. The average molecular weight is 331 g/mol. The van der Waals surface area contributed by atoms with Gasteiger partial charge in [-0.2, -0.15) is 5.10 Å². The van der Waals surface area contributed by atoms with Crippen molar-refractivity contribution in [3.8, 4) is 5.75 Å². The van der Waals surface area contributed by atoms with Crippen LogP contribution in [0.4, 0.5) is 0 Å². The molecule has 0 saturated carbocycles. The molecule has 6 heteroatoms. The lowest BCUT2D eigenvalue weighted by Crippen LogP contribution is -2.25. The third-order valence-electron chi connectivity index (χ3n) is 3.23. The Hall–Kier alpha value is -1.79. The lowest BCUT2D eigenvalue weighted by atomic mass is 10.1. The number of methoxy groups -OCH3 is 1. The lowest BCUT2D eigenvalue weighted by molar-refractivity contribution is 0.414. The molecule has 2 aromatic rings. The summed E-state index contributed by atoms with van der Waals surface area (Å²) in [6.07, 6.45) is 0.982. The van der Waals surface area contributed by atoms with Crippen LogP contribution in [0, 0.1) is 0 Å². The smallest absolute Gasteiger partial charge is 0.177 e. The van der Waals surface area contributed by atoms with Gasteiger partial charge in [-0.25, -0.2) is 0 Å². The highest BCUT2D eigenvalue weighted by atomic mass is 32.2. The van der Waals surface area contributed by atoms with E-state index < -0.39 is 0 Å². The van der Waals surface area contributed by atoms with Gasteiger partial charge < -0.3 is 4.74 Å². The molecule has 22 heavy (non-hydrogen) atoms. The van der Waals surface area contributed by atoms with Crippen LogP contribution in [0.3, 0.4) is 0 Å². The van der Waals surface area contributed by atoms with E-state index in [-0.39, 0.29) is 0 Å². The van der Waals surface area contributed by atoms with E-state index in [1.54, 1.807) is 30.2 Å². The topological polar surface area (TPSA) is 46.0 Å². The third-order valence-corrected chi connectivity index (χ3v) is 5.08. The average Bonchev–Trinajstić information content (AvgIpc) is 3.09. The molecule has 1 N–H and O–H groups in total. The number of aliphatic imine (C=N–C) groups is 1. The van der Waals surface area contributed by atoms with E-state index in [2.05, 4.69) is 33.0 Å². The van der Waals surface area contributed by atoms with Crippen molar-refractivity contribution in [1.82, 2.24) is 5.43 Å². The van der Waals surface area contributed by atoms with Gasteiger partial charge in [0.15, 0.2) is 5.17 Å². The van der Waals surface area contributed by atoms with Crippen LogP contribution >= 0.6 is 23.1 Å². The molecule has 0 aliphatic carbocycles. The summed E-state index contributed by atoms with van der Waals surface area (Å²) in [4.78, 5) is 5.93. The molecule has 114 valence electrons. The minimum atomic E-state index is 0.792. The Morgan fingerprint density at radius 1 is 1.32 bits per heavy atom. The van der Waals surface area contributed by atoms with Crippen molar-refractivity contribution in [2.45, 2.75) is 6.42 Å². The van der Waals surface area contributed by atoms with Crippen molar-refractivity contribution in [1.29, 1.82) is 0 Å². The number of hydrogen-bond donors (Lipinski definition) is 1. The minimum absolute atomic E-state index is 0.792. The SMILES string of the molecule is COc1cccc(C2=NNC(=NCCc3cccs3)SC2)c1. The first-order valence-electron chi connectivity index (χ1n) is 7.02. The van der Waals surface area contributed by atoms with Crippen LogP contribution in [-0.2, 0) is 6.42 Å². The van der Waals surface area contributed by atoms with Gasteiger partial charge in [0.1, 0.15) is 5.75 Å². The van der Waals surface area contributed by atoms with Gasteiger partial charge in [0.25, 0.3) is 0 Å². The Balaban J connectivity index is 1.59. The van der Waals surface area contributed by atoms with Crippen molar-refractivity contribution in [3.05, 3.63) is 52.2 Å². The highest BCUT2D eigenvalue weighted by molar-refractivity contribution is 8.14. The fourth-order valence-electron chi connectivity index (χ4n) is 2.07. The summed E-state index contributed by atoms with van der Waals surface area (Å²) >= 11 is 3.46. The largest absolute Gasteiger partial charge is 0.497 e. The van der Waals surface area contributed by atoms with Crippen LogP contribution in [0.5, 0.6) is 5.75 Å². The van der Waals surface area contributed by atoms with Gasteiger partial charge in [-0.05, 0) is 23.6 Å². The Labute approximate surface area is 138 Å². The van der Waals surface area contributed by atoms with E-state index in [9.17, 15) is 0 Å². The number of benzene rings is 1. The van der Waals surface area contributed by atoms with E-state index >= 15 is 0 Å². The van der Waals surface area contributed by atoms with Crippen LogP contribution in [0.1, 0.15) is 10.4 Å². The summed E-state index contributed by atoms with van der Waals surface area (Å²) in [5.74, 6) is 1.67. The number of hydrazone groups is 1. The maximum absolute atomic E-state index is 5.25. The van der Waals surface area contributed by atoms with Crippen molar-refractivity contribution in [2.24, 2.45) is 10.1 Å². The standard InChI is InChI=1S/C16H17N3OS2/c1-20-13-5-2-4-12(10-13)15-11-22-16(19-18-15)17-8-7-14-6-3-9-21-14/h2-6,9-10H,7-8,11H2,1H3,(H,17,19). The molecule has 0 unspecified atom stereocenters. The number of nitrogens with zero attached hydrogens (tertiary/aromatic N) is 2. The molecule has 1 aliphatic heterocycles. The minimum Gasteiger partial charge on any atom is -0.497 e. The lowest BCUT2D eigenvalue weighted by Gasteiger charge is -2.15. The maximum Gasteiger partial charge on any atom is 0.177 e. The first kappa shape index (κ1) is 15.1. The van der Waals surface area contributed by atoms with E-state index in [1.807, 2.05) is 24.3 Å². The van der Waals surface area contributed by atoms with Crippen LogP contribution in [-0.4, -0.2) is 30.3 Å². The second kappa shape index (κ2) is 7.47. The number of rotatable bonds is 5. The van der Waals surface area contributed by atoms with Crippen molar-refractivity contribution in [2.75, 3.05) is 19.4 Å². The predicted octanol–water partition coefficient (Wildman–Crippen LogP) is 3.40. The Morgan fingerprint density at radius 2 is 2.27 bits per heavy atom. The van der Waals surface area contributed by atoms with Crippen LogP contribution < -0.4 is 10.2 Å². The molecule has 0 atom stereocenters. The normalized spacial score (nSPS) is 16.2. The molecule has 2 heterocycles. The third kappa shape index (κ3) is 3.90. The molecule has 1 aromatic heterocycles. The molecule has 0 amide bonds. The van der Waals surface area contributed by atoms with Crippen LogP contribution in [0.25, 0.3) is 0 Å². The quantitative estimate of drug-likeness (QED) is 0.913. The van der Waals surface area contributed by atoms with Gasteiger partial charge in [-0.1, -0.05) is 30.0 Å². The summed E-state index contributed by atoms with van der Waals surface area (Å²) < 4.78 is 5.25. The van der Waals surface area contributed by atoms with E-state index in [0.717, 1.165) is 40.9 Å². The monoisotopic (exact) mass is 331 g/mol. The van der Waals surface area contributed by atoms with E-state index in [1.165, 1.54) is 4.88 Å². The number of hydrogen-bond acceptors (Lipinski definition) is 5. The highest BCUT2D eigenvalue weighted by Crippen LogP contribution is 2.18. The van der Waals surface area contributed by atoms with Gasteiger partial charge in [0, 0.05) is 29.2 Å². The predicted molar refractivity (Wildman–Crippen MR) is 95.4 cm³/mol. The zero-order valence-electron chi connectivity index (χ0n) is 12.3. The van der Waals surface area contributed by atoms with Gasteiger partial charge in [0.05, 0.1) is 12.8 Å². The fourth-order valence-corrected chi connectivity index (χ4v) is 3.57. The van der Waals surface area contributed by atoms with Gasteiger partial charge in [-0.15, -0.1) is 11.3 Å². The molecule has 1 aliphatic rings. The van der Waals surface area contributed by atoms with Gasteiger partial charge in [-0.3, -0.25) is 10.4 Å². The first-order valence-corrected chi connectivity index (χ1v) is 8.88. The zero-order valence-corrected chi connectivity index (χ0v) is 13.9. The Morgan fingerprint density at radius 3 is 3.00 bits per heavy atom. The summed E-state index contributed by atoms with van der Waals surface area (Å²) in [7, 11) is 1.67. The van der Waals surface area contributed by atoms with E-state index in [4.69, 9.17) is 4.74 Å². The molecule has 0 radical (unpaired) electrons. The summed E-state index contributed by atoms with van der Waals surface area (Å²) in [5.41, 5.74) is 5.14. The second-order valence-corrected chi connectivity index (χ2v) is 6.70. The van der Waals surface area contributed by atoms with Crippen molar-refractivity contribution in [3.63, 3.8) is 0 Å². The molecule has 4 nitrogen and oxygen atoms in total. The summed E-state index contributed by atoms with van der Waals surface area (Å²) in [6, 6.07) is 12.2. The highest BCUT2D eigenvalue weighted by Gasteiger charge is 2.13. The molecule has 0 fully saturated rings. The zero-order chi connectivity index (χ0) is 15.2.